The van der Waals surface area contributed by atoms with Crippen LogP contribution in [0.15, 0.2) is 42.7 Å². The Balaban J connectivity index is 1.93. The number of fused-ring (bicyclic) bond motifs is 1. The molecule has 0 unspecified atom stereocenters. The first-order valence-electron chi connectivity index (χ1n) is 7.27. The third-order valence-corrected chi connectivity index (χ3v) is 5.65. The number of aromatic nitrogens is 1. The van der Waals surface area contributed by atoms with Crippen LogP contribution in [0, 0.1) is 10.1 Å². The lowest BCUT2D eigenvalue weighted by molar-refractivity contribution is -0.384. The lowest BCUT2D eigenvalue weighted by Gasteiger charge is -2.35. The predicted octanol–water partition coefficient (Wildman–Crippen LogP) is 1.78. The summed E-state index contributed by atoms with van der Waals surface area (Å²) in [4.78, 5) is 16.3. The lowest BCUT2D eigenvalue weighted by Crippen LogP contribution is -2.43. The van der Waals surface area contributed by atoms with E-state index in [0.29, 0.717) is 24.3 Å². The maximum Gasteiger partial charge on any atom is 0.269 e. The number of benzene rings is 1. The molecular formula is C15H16N4O4S. The molecule has 24 heavy (non-hydrogen) atoms. The molecule has 1 aliphatic rings. The highest BCUT2D eigenvalue weighted by molar-refractivity contribution is 7.92. The summed E-state index contributed by atoms with van der Waals surface area (Å²) < 4.78 is 27.0. The van der Waals surface area contributed by atoms with Crippen LogP contribution in [0.4, 0.5) is 17.1 Å². The van der Waals surface area contributed by atoms with Gasteiger partial charge < -0.3 is 4.90 Å². The molecule has 0 saturated carbocycles. The Hall–Kier alpha value is -2.68. The van der Waals surface area contributed by atoms with E-state index < -0.39 is 14.9 Å². The van der Waals surface area contributed by atoms with E-state index >= 15 is 0 Å². The molecule has 3 rings (SSSR count). The largest absolute Gasteiger partial charge is 0.371 e. The third kappa shape index (κ3) is 3.02. The zero-order valence-corrected chi connectivity index (χ0v) is 13.8. The smallest absolute Gasteiger partial charge is 0.269 e. The number of pyridine rings is 1. The van der Waals surface area contributed by atoms with E-state index in [1.165, 1.54) is 28.7 Å². The molecule has 9 heteroatoms. The number of nitrogens with zero attached hydrogens (tertiary/aromatic N) is 4. The average molecular weight is 348 g/mol. The van der Waals surface area contributed by atoms with Gasteiger partial charge in [0.1, 0.15) is 0 Å². The lowest BCUT2D eigenvalue weighted by atomic mass is 10.2. The minimum absolute atomic E-state index is 0.122. The van der Waals surface area contributed by atoms with Crippen LogP contribution in [0.5, 0.6) is 0 Å². The summed E-state index contributed by atoms with van der Waals surface area (Å²) in [5.41, 5.74) is 1.58. The van der Waals surface area contributed by atoms with Crippen molar-refractivity contribution in [2.45, 2.75) is 5.75 Å². The van der Waals surface area contributed by atoms with Gasteiger partial charge in [-0.05, 0) is 11.6 Å². The van der Waals surface area contributed by atoms with Gasteiger partial charge in [0.25, 0.3) is 5.69 Å². The first-order valence-corrected chi connectivity index (χ1v) is 8.88. The van der Waals surface area contributed by atoms with E-state index in [4.69, 9.17) is 0 Å². The standard InChI is InChI=1S/C15H16N4O4S/c1-17-7-8-18(15-10-16-6-5-14(15)17)24(22,23)11-12-3-2-4-13(9-12)19(20)21/h2-6,9-10H,7-8,11H2,1H3. The maximum atomic E-state index is 12.8. The van der Waals surface area contributed by atoms with Gasteiger partial charge in [0.15, 0.2) is 0 Å². The summed E-state index contributed by atoms with van der Waals surface area (Å²) in [6, 6.07) is 7.46. The number of nitro benzene ring substituents is 1. The van der Waals surface area contributed by atoms with E-state index in [2.05, 4.69) is 4.98 Å². The molecule has 8 nitrogen and oxygen atoms in total. The van der Waals surface area contributed by atoms with Crippen molar-refractivity contribution in [1.82, 2.24) is 4.98 Å². The van der Waals surface area contributed by atoms with Gasteiger partial charge in [-0.25, -0.2) is 8.42 Å². The van der Waals surface area contributed by atoms with Crippen LogP contribution in [0.1, 0.15) is 5.56 Å². The van der Waals surface area contributed by atoms with Crippen LogP contribution in [-0.4, -0.2) is 38.5 Å². The first-order chi connectivity index (χ1) is 11.4. The summed E-state index contributed by atoms with van der Waals surface area (Å²) in [6.07, 6.45) is 3.14. The average Bonchev–Trinajstić information content (AvgIpc) is 2.55. The molecule has 0 atom stereocenters. The number of anilines is 2. The maximum absolute atomic E-state index is 12.8. The van der Waals surface area contributed by atoms with Crippen LogP contribution >= 0.6 is 0 Å². The fraction of sp³-hybridized carbons (Fsp3) is 0.267. The van der Waals surface area contributed by atoms with Gasteiger partial charge in [-0.1, -0.05) is 12.1 Å². The number of non-ortho nitro benzene ring substituents is 1. The Labute approximate surface area is 139 Å². The van der Waals surface area contributed by atoms with Gasteiger partial charge >= 0.3 is 0 Å². The highest BCUT2D eigenvalue weighted by Gasteiger charge is 2.30. The van der Waals surface area contributed by atoms with Gasteiger partial charge in [0.05, 0.1) is 34.8 Å². The number of nitro groups is 1. The van der Waals surface area contributed by atoms with E-state index in [1.807, 2.05) is 11.9 Å². The van der Waals surface area contributed by atoms with Crippen molar-refractivity contribution in [3.8, 4) is 0 Å². The number of hydrogen-bond acceptors (Lipinski definition) is 6. The Morgan fingerprint density at radius 2 is 2.04 bits per heavy atom. The summed E-state index contributed by atoms with van der Waals surface area (Å²) in [5.74, 6) is -0.299. The minimum Gasteiger partial charge on any atom is -0.371 e. The van der Waals surface area contributed by atoms with Crippen LogP contribution in [0.2, 0.25) is 0 Å². The number of hydrogen-bond donors (Lipinski definition) is 0. The molecule has 0 fully saturated rings. The second kappa shape index (κ2) is 6.08. The number of rotatable bonds is 4. The van der Waals surface area contributed by atoms with E-state index in [-0.39, 0.29) is 11.4 Å². The molecule has 0 N–H and O–H groups in total. The van der Waals surface area contributed by atoms with Gasteiger partial charge in [0.2, 0.25) is 10.0 Å². The Bertz CT molecular complexity index is 885. The topological polar surface area (TPSA) is 96.7 Å². The van der Waals surface area contributed by atoms with Crippen molar-refractivity contribution >= 4 is 27.1 Å². The van der Waals surface area contributed by atoms with Crippen molar-refractivity contribution < 1.29 is 13.3 Å². The number of sulfonamides is 1. The van der Waals surface area contributed by atoms with Crippen molar-refractivity contribution in [1.29, 1.82) is 0 Å². The third-order valence-electron chi connectivity index (χ3n) is 3.90. The highest BCUT2D eigenvalue weighted by atomic mass is 32.2. The minimum atomic E-state index is -3.67. The SMILES string of the molecule is CN1CCN(S(=O)(=O)Cc2cccc([N+](=O)[O-])c2)c2cnccc21. The highest BCUT2D eigenvalue weighted by Crippen LogP contribution is 2.33. The van der Waals surface area contributed by atoms with Gasteiger partial charge in [0, 0.05) is 31.9 Å². The molecule has 0 saturated heterocycles. The van der Waals surface area contributed by atoms with Crippen molar-refractivity contribution in [3.05, 3.63) is 58.4 Å². The van der Waals surface area contributed by atoms with Crippen molar-refractivity contribution in [3.63, 3.8) is 0 Å². The van der Waals surface area contributed by atoms with Crippen LogP contribution in [0.25, 0.3) is 0 Å². The van der Waals surface area contributed by atoms with Crippen molar-refractivity contribution in [2.75, 3.05) is 29.3 Å². The first kappa shape index (κ1) is 16.2. The van der Waals surface area contributed by atoms with Crippen molar-refractivity contribution in [2.24, 2.45) is 0 Å². The molecule has 1 aromatic heterocycles. The normalized spacial score (nSPS) is 14.4. The van der Waals surface area contributed by atoms with Crippen LogP contribution in [-0.2, 0) is 15.8 Å². The molecular weight excluding hydrogens is 332 g/mol. The Morgan fingerprint density at radius 1 is 1.25 bits per heavy atom. The van der Waals surface area contributed by atoms with Gasteiger partial charge in [-0.3, -0.25) is 19.4 Å². The molecule has 0 amide bonds. The Kier molecular flexibility index (Phi) is 4.10. The van der Waals surface area contributed by atoms with E-state index in [0.717, 1.165) is 5.69 Å². The molecule has 0 spiro atoms. The molecule has 2 heterocycles. The molecule has 1 aliphatic heterocycles. The quantitative estimate of drug-likeness (QED) is 0.617. The molecule has 0 bridgehead atoms. The Morgan fingerprint density at radius 3 is 2.79 bits per heavy atom. The summed E-state index contributed by atoms with van der Waals surface area (Å²) >= 11 is 0. The van der Waals surface area contributed by atoms with Gasteiger partial charge in [-0.15, -0.1) is 0 Å². The summed E-state index contributed by atoms with van der Waals surface area (Å²) in [5, 5.41) is 10.9. The molecule has 0 radical (unpaired) electrons. The van der Waals surface area contributed by atoms with E-state index in [9.17, 15) is 18.5 Å². The monoisotopic (exact) mass is 348 g/mol. The summed E-state index contributed by atoms with van der Waals surface area (Å²) in [7, 11) is -1.78. The molecule has 1 aromatic carbocycles. The molecule has 126 valence electrons. The zero-order valence-electron chi connectivity index (χ0n) is 13.0. The van der Waals surface area contributed by atoms with Gasteiger partial charge in [-0.2, -0.15) is 0 Å². The van der Waals surface area contributed by atoms with E-state index in [1.54, 1.807) is 18.3 Å². The number of likely N-dealkylation sites (N-methyl/N-ethyl adjacent to an activating group) is 1. The summed E-state index contributed by atoms with van der Waals surface area (Å²) in [6.45, 7) is 0.873. The fourth-order valence-electron chi connectivity index (χ4n) is 2.71. The van der Waals surface area contributed by atoms with Crippen LogP contribution < -0.4 is 9.21 Å². The second-order valence-electron chi connectivity index (χ2n) is 5.54. The predicted molar refractivity (Wildman–Crippen MR) is 90.6 cm³/mol. The van der Waals surface area contributed by atoms with Crippen LogP contribution in [0.3, 0.4) is 0 Å². The zero-order chi connectivity index (χ0) is 17.3. The molecule has 0 aliphatic carbocycles. The second-order valence-corrected chi connectivity index (χ2v) is 7.43. The molecule has 2 aromatic rings. The fourth-order valence-corrected chi connectivity index (χ4v) is 4.27.